The van der Waals surface area contributed by atoms with Crippen LogP contribution in [0, 0.1) is 5.92 Å². The molecule has 1 amide bonds. The van der Waals surface area contributed by atoms with Gasteiger partial charge in [0.2, 0.25) is 5.91 Å². The largest absolute Gasteiger partial charge is 0.330 e. The van der Waals surface area contributed by atoms with E-state index in [0.29, 0.717) is 18.4 Å². The van der Waals surface area contributed by atoms with Crippen molar-refractivity contribution < 1.29 is 4.79 Å². The maximum atomic E-state index is 12.1. The number of nitrogens with zero attached hydrogens (tertiary/aromatic N) is 1. The molecular formula is C17H27N3O. The summed E-state index contributed by atoms with van der Waals surface area (Å²) in [5.41, 5.74) is 7.89. The highest BCUT2D eigenvalue weighted by molar-refractivity contribution is 5.92. The van der Waals surface area contributed by atoms with Crippen molar-refractivity contribution in [2.75, 3.05) is 31.5 Å². The zero-order chi connectivity index (χ0) is 15.2. The summed E-state index contributed by atoms with van der Waals surface area (Å²) in [5.74, 6) is 1.11. The zero-order valence-electron chi connectivity index (χ0n) is 13.1. The molecule has 0 spiro atoms. The first-order valence-electron chi connectivity index (χ1n) is 7.90. The molecule has 0 saturated carbocycles. The molecule has 116 valence electrons. The van der Waals surface area contributed by atoms with Crippen molar-refractivity contribution in [3.8, 4) is 0 Å². The lowest BCUT2D eigenvalue weighted by molar-refractivity contribution is -0.117. The first-order valence-corrected chi connectivity index (χ1v) is 7.90. The van der Waals surface area contributed by atoms with Gasteiger partial charge < -0.3 is 11.1 Å². The third kappa shape index (κ3) is 4.83. The Hall–Kier alpha value is -1.39. The highest BCUT2D eigenvalue weighted by Crippen LogP contribution is 2.18. The van der Waals surface area contributed by atoms with Crippen LogP contribution in [0.25, 0.3) is 0 Å². The predicted molar refractivity (Wildman–Crippen MR) is 87.4 cm³/mol. The van der Waals surface area contributed by atoms with Gasteiger partial charge in [-0.3, -0.25) is 9.69 Å². The lowest BCUT2D eigenvalue weighted by Crippen LogP contribution is -2.42. The van der Waals surface area contributed by atoms with Crippen LogP contribution < -0.4 is 11.1 Å². The molecular weight excluding hydrogens is 262 g/mol. The van der Waals surface area contributed by atoms with Gasteiger partial charge in [-0.1, -0.05) is 26.0 Å². The van der Waals surface area contributed by atoms with E-state index >= 15 is 0 Å². The summed E-state index contributed by atoms with van der Waals surface area (Å²) in [4.78, 5) is 14.3. The fourth-order valence-electron chi connectivity index (χ4n) is 2.84. The monoisotopic (exact) mass is 289 g/mol. The smallest absolute Gasteiger partial charge is 0.238 e. The van der Waals surface area contributed by atoms with Crippen LogP contribution in [0.2, 0.25) is 0 Å². The summed E-state index contributed by atoms with van der Waals surface area (Å²) in [6.07, 6.45) is 2.32. The fourth-order valence-corrected chi connectivity index (χ4v) is 2.84. The van der Waals surface area contributed by atoms with Gasteiger partial charge in [0.15, 0.2) is 0 Å². The number of carbonyl (C=O) groups is 1. The van der Waals surface area contributed by atoms with Gasteiger partial charge in [-0.15, -0.1) is 0 Å². The van der Waals surface area contributed by atoms with Crippen LogP contribution in [0.1, 0.15) is 38.2 Å². The van der Waals surface area contributed by atoms with Crippen molar-refractivity contribution in [2.45, 2.75) is 32.6 Å². The second-order valence-corrected chi connectivity index (χ2v) is 6.30. The maximum absolute atomic E-state index is 12.1. The van der Waals surface area contributed by atoms with Crippen LogP contribution in [0.15, 0.2) is 24.3 Å². The van der Waals surface area contributed by atoms with Gasteiger partial charge in [0.25, 0.3) is 0 Å². The molecule has 0 bridgehead atoms. The Balaban J connectivity index is 1.83. The lowest BCUT2D eigenvalue weighted by Gasteiger charge is -2.31. The minimum Gasteiger partial charge on any atom is -0.330 e. The van der Waals surface area contributed by atoms with Crippen LogP contribution in [0.5, 0.6) is 0 Å². The SMILES string of the molecule is CC(C)c1ccc(NC(=O)CN2CCCC(CN)C2)cc1. The Morgan fingerprint density at radius 2 is 2.10 bits per heavy atom. The summed E-state index contributed by atoms with van der Waals surface area (Å²) >= 11 is 0. The van der Waals surface area contributed by atoms with Gasteiger partial charge in [-0.25, -0.2) is 0 Å². The molecule has 0 radical (unpaired) electrons. The average Bonchev–Trinajstić information content (AvgIpc) is 2.47. The number of hydrogen-bond donors (Lipinski definition) is 2. The molecule has 1 fully saturated rings. The third-order valence-electron chi connectivity index (χ3n) is 4.16. The highest BCUT2D eigenvalue weighted by Gasteiger charge is 2.20. The molecule has 1 aromatic carbocycles. The molecule has 4 heteroatoms. The Kier molecular flexibility index (Phi) is 5.76. The minimum absolute atomic E-state index is 0.0602. The summed E-state index contributed by atoms with van der Waals surface area (Å²) in [7, 11) is 0. The maximum Gasteiger partial charge on any atom is 0.238 e. The summed E-state index contributed by atoms with van der Waals surface area (Å²) in [6, 6.07) is 8.11. The van der Waals surface area contributed by atoms with Crippen LogP contribution in [0.3, 0.4) is 0 Å². The van der Waals surface area contributed by atoms with Crippen molar-refractivity contribution >= 4 is 11.6 Å². The number of amides is 1. The number of benzene rings is 1. The minimum atomic E-state index is 0.0602. The van der Waals surface area contributed by atoms with Gasteiger partial charge in [-0.05, 0) is 55.5 Å². The van der Waals surface area contributed by atoms with E-state index in [-0.39, 0.29) is 5.91 Å². The number of likely N-dealkylation sites (tertiary alicyclic amines) is 1. The summed E-state index contributed by atoms with van der Waals surface area (Å²) < 4.78 is 0. The fraction of sp³-hybridized carbons (Fsp3) is 0.588. The van der Waals surface area contributed by atoms with Gasteiger partial charge in [0, 0.05) is 12.2 Å². The molecule has 1 unspecified atom stereocenters. The third-order valence-corrected chi connectivity index (χ3v) is 4.16. The standard InChI is InChI=1S/C17H27N3O/c1-13(2)15-5-7-16(8-6-15)19-17(21)12-20-9-3-4-14(10-18)11-20/h5-8,13-14H,3-4,9-12,18H2,1-2H3,(H,19,21). The quantitative estimate of drug-likeness (QED) is 0.875. The van der Waals surface area contributed by atoms with E-state index in [0.717, 1.165) is 31.7 Å². The number of rotatable bonds is 5. The Bertz CT molecular complexity index is 456. The molecule has 0 aliphatic carbocycles. The molecule has 4 nitrogen and oxygen atoms in total. The predicted octanol–water partition coefficient (Wildman–Crippen LogP) is 2.42. The van der Waals surface area contributed by atoms with E-state index in [1.54, 1.807) is 0 Å². The highest BCUT2D eigenvalue weighted by atomic mass is 16.2. The van der Waals surface area contributed by atoms with Crippen LogP contribution in [-0.4, -0.2) is 37.0 Å². The van der Waals surface area contributed by atoms with E-state index in [1.165, 1.54) is 12.0 Å². The number of carbonyl (C=O) groups excluding carboxylic acids is 1. The van der Waals surface area contributed by atoms with E-state index in [9.17, 15) is 4.79 Å². The number of nitrogens with two attached hydrogens (primary N) is 1. The molecule has 0 aromatic heterocycles. The molecule has 1 aromatic rings. The Morgan fingerprint density at radius 1 is 1.38 bits per heavy atom. The Labute approximate surface area is 127 Å². The van der Waals surface area contributed by atoms with Crippen molar-refractivity contribution in [2.24, 2.45) is 11.7 Å². The van der Waals surface area contributed by atoms with Crippen molar-refractivity contribution in [3.63, 3.8) is 0 Å². The topological polar surface area (TPSA) is 58.4 Å². The second kappa shape index (κ2) is 7.57. The van der Waals surface area contributed by atoms with Gasteiger partial charge in [0.1, 0.15) is 0 Å². The summed E-state index contributed by atoms with van der Waals surface area (Å²) in [5, 5.41) is 2.98. The molecule has 1 saturated heterocycles. The molecule has 2 rings (SSSR count). The van der Waals surface area contributed by atoms with Crippen molar-refractivity contribution in [3.05, 3.63) is 29.8 Å². The van der Waals surface area contributed by atoms with Crippen LogP contribution >= 0.6 is 0 Å². The van der Waals surface area contributed by atoms with Gasteiger partial charge in [0.05, 0.1) is 6.54 Å². The number of nitrogens with one attached hydrogen (secondary N) is 1. The van der Waals surface area contributed by atoms with Gasteiger partial charge >= 0.3 is 0 Å². The molecule has 1 atom stereocenters. The van der Waals surface area contributed by atoms with Gasteiger partial charge in [-0.2, -0.15) is 0 Å². The van der Waals surface area contributed by atoms with Crippen molar-refractivity contribution in [1.29, 1.82) is 0 Å². The lowest BCUT2D eigenvalue weighted by atomic mass is 9.98. The molecule has 21 heavy (non-hydrogen) atoms. The molecule has 1 aliphatic rings. The number of anilines is 1. The Morgan fingerprint density at radius 3 is 2.71 bits per heavy atom. The van der Waals surface area contributed by atoms with E-state index in [2.05, 4.69) is 36.2 Å². The normalized spacial score (nSPS) is 19.7. The van der Waals surface area contributed by atoms with Crippen LogP contribution in [0.4, 0.5) is 5.69 Å². The zero-order valence-corrected chi connectivity index (χ0v) is 13.1. The van der Waals surface area contributed by atoms with E-state index in [1.807, 2.05) is 12.1 Å². The average molecular weight is 289 g/mol. The molecule has 3 N–H and O–H groups in total. The first-order chi connectivity index (χ1) is 10.1. The van der Waals surface area contributed by atoms with Crippen LogP contribution in [-0.2, 0) is 4.79 Å². The van der Waals surface area contributed by atoms with E-state index < -0.39 is 0 Å². The van der Waals surface area contributed by atoms with E-state index in [4.69, 9.17) is 5.73 Å². The number of piperidine rings is 1. The summed E-state index contributed by atoms with van der Waals surface area (Å²) in [6.45, 7) is 7.44. The second-order valence-electron chi connectivity index (χ2n) is 6.30. The molecule has 1 aliphatic heterocycles. The number of hydrogen-bond acceptors (Lipinski definition) is 3. The first kappa shape index (κ1) is 16.0. The molecule has 1 heterocycles. The van der Waals surface area contributed by atoms with Crippen molar-refractivity contribution in [1.82, 2.24) is 4.90 Å².